The fourth-order valence-electron chi connectivity index (χ4n) is 2.55. The van der Waals surface area contributed by atoms with Crippen molar-refractivity contribution in [2.24, 2.45) is 5.92 Å². The van der Waals surface area contributed by atoms with Crippen LogP contribution in [0.25, 0.3) is 0 Å². The van der Waals surface area contributed by atoms with E-state index in [1.54, 1.807) is 0 Å². The third-order valence-corrected chi connectivity index (χ3v) is 4.10. The smallest absolute Gasteiger partial charge is 0.124 e. The van der Waals surface area contributed by atoms with Gasteiger partial charge in [0.15, 0.2) is 0 Å². The van der Waals surface area contributed by atoms with Gasteiger partial charge in [0, 0.05) is 23.0 Å². The molecule has 2 rings (SSSR count). The van der Waals surface area contributed by atoms with Crippen molar-refractivity contribution < 1.29 is 4.74 Å². The average molecular weight is 268 g/mol. The summed E-state index contributed by atoms with van der Waals surface area (Å²) in [5.74, 6) is 1.57. The second-order valence-electron chi connectivity index (χ2n) is 5.06. The molecule has 1 saturated heterocycles. The Morgan fingerprint density at radius 2 is 2.33 bits per heavy atom. The summed E-state index contributed by atoms with van der Waals surface area (Å²) in [6, 6.07) is 5.89. The molecule has 1 N–H and O–H groups in total. The molecule has 1 aromatic rings. The van der Waals surface area contributed by atoms with Crippen LogP contribution in [0.4, 0.5) is 0 Å². The quantitative estimate of drug-likeness (QED) is 0.876. The lowest BCUT2D eigenvalue weighted by Crippen LogP contribution is -2.29. The number of hydrogen-bond acceptors (Lipinski definition) is 2. The minimum absolute atomic E-state index is 0.308. The molecule has 3 heteroatoms. The van der Waals surface area contributed by atoms with Gasteiger partial charge < -0.3 is 10.1 Å². The van der Waals surface area contributed by atoms with E-state index in [0.29, 0.717) is 12.0 Å². The van der Waals surface area contributed by atoms with Gasteiger partial charge in [0.1, 0.15) is 11.9 Å². The van der Waals surface area contributed by atoms with Crippen LogP contribution in [0.3, 0.4) is 0 Å². The Morgan fingerprint density at radius 1 is 1.50 bits per heavy atom. The van der Waals surface area contributed by atoms with E-state index in [1.807, 2.05) is 25.1 Å². The second kappa shape index (κ2) is 6.44. The molecule has 18 heavy (non-hydrogen) atoms. The van der Waals surface area contributed by atoms with Gasteiger partial charge in [-0.1, -0.05) is 31.0 Å². The molecule has 1 aliphatic heterocycles. The van der Waals surface area contributed by atoms with Crippen LogP contribution < -0.4 is 10.1 Å². The molecule has 1 aliphatic rings. The second-order valence-corrected chi connectivity index (χ2v) is 5.47. The summed E-state index contributed by atoms with van der Waals surface area (Å²) in [5.41, 5.74) is 1.05. The van der Waals surface area contributed by atoms with Gasteiger partial charge in [-0.05, 0) is 38.4 Å². The highest BCUT2D eigenvalue weighted by Gasteiger charge is 2.26. The molecular formula is C15H22ClNO. The van der Waals surface area contributed by atoms with Gasteiger partial charge in [-0.15, -0.1) is 0 Å². The number of halogens is 1. The fourth-order valence-corrected chi connectivity index (χ4v) is 2.71. The van der Waals surface area contributed by atoms with Gasteiger partial charge in [0.2, 0.25) is 0 Å². The molecular weight excluding hydrogens is 246 g/mol. The largest absolute Gasteiger partial charge is 0.490 e. The molecule has 1 fully saturated rings. The fraction of sp³-hybridized carbons (Fsp3) is 0.600. The lowest BCUT2D eigenvalue weighted by atomic mass is 9.97. The van der Waals surface area contributed by atoms with Crippen LogP contribution in [-0.2, 0) is 0 Å². The zero-order chi connectivity index (χ0) is 13.0. The number of nitrogens with one attached hydrogen (secondary N) is 1. The van der Waals surface area contributed by atoms with Crippen molar-refractivity contribution in [3.63, 3.8) is 0 Å². The third-order valence-electron chi connectivity index (χ3n) is 3.69. The molecule has 2 atom stereocenters. The standard InChI is InChI=1S/C15H22ClNO/c1-3-5-15(12-8-9-17-10-12)18-14-7-4-6-13(16)11(14)2/h4,6-7,12,15,17H,3,5,8-10H2,1-2H3/t12-,15+/m1/s1. The van der Waals surface area contributed by atoms with Crippen LogP contribution in [0.15, 0.2) is 18.2 Å². The molecule has 1 heterocycles. The summed E-state index contributed by atoms with van der Waals surface area (Å²) in [6.45, 7) is 6.42. The van der Waals surface area contributed by atoms with Gasteiger partial charge in [0.05, 0.1) is 0 Å². The summed E-state index contributed by atoms with van der Waals surface area (Å²) in [4.78, 5) is 0. The van der Waals surface area contributed by atoms with Gasteiger partial charge in [0.25, 0.3) is 0 Å². The van der Waals surface area contributed by atoms with E-state index in [1.165, 1.54) is 6.42 Å². The third kappa shape index (κ3) is 3.18. The van der Waals surface area contributed by atoms with E-state index >= 15 is 0 Å². The van der Waals surface area contributed by atoms with Crippen molar-refractivity contribution in [1.82, 2.24) is 5.32 Å². The maximum Gasteiger partial charge on any atom is 0.124 e. The molecule has 0 amide bonds. The first-order valence-corrected chi connectivity index (χ1v) is 7.22. The van der Waals surface area contributed by atoms with Crippen LogP contribution in [0.1, 0.15) is 31.7 Å². The van der Waals surface area contributed by atoms with Crippen LogP contribution >= 0.6 is 11.6 Å². The molecule has 0 bridgehead atoms. The predicted octanol–water partition coefficient (Wildman–Crippen LogP) is 3.81. The zero-order valence-electron chi connectivity index (χ0n) is 11.2. The van der Waals surface area contributed by atoms with Crippen molar-refractivity contribution in [3.8, 4) is 5.75 Å². The highest BCUT2D eigenvalue weighted by Crippen LogP contribution is 2.29. The summed E-state index contributed by atoms with van der Waals surface area (Å²) in [5, 5.41) is 4.20. The Hall–Kier alpha value is -0.730. The minimum Gasteiger partial charge on any atom is -0.490 e. The maximum atomic E-state index is 6.23. The normalized spacial score (nSPS) is 20.9. The molecule has 0 aromatic heterocycles. The molecule has 0 spiro atoms. The molecule has 100 valence electrons. The summed E-state index contributed by atoms with van der Waals surface area (Å²) in [7, 11) is 0. The highest BCUT2D eigenvalue weighted by atomic mass is 35.5. The monoisotopic (exact) mass is 267 g/mol. The van der Waals surface area contributed by atoms with E-state index in [9.17, 15) is 0 Å². The molecule has 0 saturated carbocycles. The SMILES string of the molecule is CCC[C@H](Oc1cccc(Cl)c1C)[C@@H]1CCNC1. The average Bonchev–Trinajstić information content (AvgIpc) is 2.88. The van der Waals surface area contributed by atoms with Gasteiger partial charge >= 0.3 is 0 Å². The molecule has 0 aliphatic carbocycles. The number of hydrogen-bond donors (Lipinski definition) is 1. The first kappa shape index (κ1) is 13.7. The lowest BCUT2D eigenvalue weighted by molar-refractivity contribution is 0.131. The van der Waals surface area contributed by atoms with Crippen LogP contribution in [-0.4, -0.2) is 19.2 Å². The van der Waals surface area contributed by atoms with E-state index in [2.05, 4.69) is 12.2 Å². The Labute approximate surface area is 115 Å². The van der Waals surface area contributed by atoms with E-state index in [-0.39, 0.29) is 0 Å². The Kier molecular flexibility index (Phi) is 4.90. The molecule has 0 radical (unpaired) electrons. The first-order valence-electron chi connectivity index (χ1n) is 6.85. The Bertz CT molecular complexity index is 388. The summed E-state index contributed by atoms with van der Waals surface area (Å²) in [6.07, 6.45) is 3.78. The van der Waals surface area contributed by atoms with Crippen molar-refractivity contribution in [3.05, 3.63) is 28.8 Å². The van der Waals surface area contributed by atoms with Crippen LogP contribution in [0.5, 0.6) is 5.75 Å². The van der Waals surface area contributed by atoms with Gasteiger partial charge in [-0.2, -0.15) is 0 Å². The van der Waals surface area contributed by atoms with E-state index in [4.69, 9.17) is 16.3 Å². The molecule has 0 unspecified atom stereocenters. The van der Waals surface area contributed by atoms with Gasteiger partial charge in [-0.3, -0.25) is 0 Å². The Balaban J connectivity index is 2.10. The van der Waals surface area contributed by atoms with Crippen LogP contribution in [0.2, 0.25) is 5.02 Å². The lowest BCUT2D eigenvalue weighted by Gasteiger charge is -2.25. The number of ether oxygens (including phenoxy) is 1. The minimum atomic E-state index is 0.308. The maximum absolute atomic E-state index is 6.23. The first-order chi connectivity index (χ1) is 8.72. The topological polar surface area (TPSA) is 21.3 Å². The van der Waals surface area contributed by atoms with Gasteiger partial charge in [-0.25, -0.2) is 0 Å². The summed E-state index contributed by atoms with van der Waals surface area (Å²) >= 11 is 6.14. The number of rotatable bonds is 5. The molecule has 1 aromatic carbocycles. The Morgan fingerprint density at radius 3 is 3.00 bits per heavy atom. The van der Waals surface area contributed by atoms with E-state index in [0.717, 1.165) is 42.3 Å². The van der Waals surface area contributed by atoms with Crippen molar-refractivity contribution in [1.29, 1.82) is 0 Å². The van der Waals surface area contributed by atoms with Crippen molar-refractivity contribution >= 4 is 11.6 Å². The van der Waals surface area contributed by atoms with Crippen molar-refractivity contribution in [2.45, 2.75) is 39.2 Å². The van der Waals surface area contributed by atoms with Crippen molar-refractivity contribution in [2.75, 3.05) is 13.1 Å². The van der Waals surface area contributed by atoms with Crippen LogP contribution in [0, 0.1) is 12.8 Å². The van der Waals surface area contributed by atoms with E-state index < -0.39 is 0 Å². The highest BCUT2D eigenvalue weighted by molar-refractivity contribution is 6.31. The predicted molar refractivity (Wildman–Crippen MR) is 76.5 cm³/mol. The molecule has 2 nitrogen and oxygen atoms in total. The summed E-state index contributed by atoms with van der Waals surface area (Å²) < 4.78 is 6.23. The number of benzene rings is 1. The zero-order valence-corrected chi connectivity index (χ0v) is 12.0.